The molecular formula is C24H19ClIN3O5. The van der Waals surface area contributed by atoms with Gasteiger partial charge in [0.2, 0.25) is 0 Å². The lowest BCUT2D eigenvalue weighted by Crippen LogP contribution is -2.34. The number of carbonyl (C=O) groups excluding carboxylic acids is 3. The summed E-state index contributed by atoms with van der Waals surface area (Å²) >= 11 is 7.85. The van der Waals surface area contributed by atoms with Crippen LogP contribution in [0.15, 0.2) is 71.8 Å². The molecular weight excluding hydrogens is 573 g/mol. The predicted molar refractivity (Wildman–Crippen MR) is 137 cm³/mol. The maximum Gasteiger partial charge on any atom is 0.344 e. The minimum Gasteiger partial charge on any atom is -0.493 e. The van der Waals surface area contributed by atoms with E-state index < -0.39 is 17.8 Å². The zero-order valence-electron chi connectivity index (χ0n) is 17.9. The van der Waals surface area contributed by atoms with Crippen molar-refractivity contribution in [3.8, 4) is 11.5 Å². The van der Waals surface area contributed by atoms with Gasteiger partial charge in [-0.1, -0.05) is 23.7 Å². The number of amides is 2. The number of hydrazone groups is 1. The largest absolute Gasteiger partial charge is 0.493 e. The maximum absolute atomic E-state index is 12.5. The van der Waals surface area contributed by atoms with E-state index in [-0.39, 0.29) is 12.3 Å². The Balaban J connectivity index is 1.55. The Morgan fingerprint density at radius 1 is 1.03 bits per heavy atom. The average molecular weight is 592 g/mol. The quantitative estimate of drug-likeness (QED) is 0.135. The van der Waals surface area contributed by atoms with Crippen molar-refractivity contribution in [2.75, 3.05) is 13.7 Å². The minimum atomic E-state index is -0.506. The summed E-state index contributed by atoms with van der Waals surface area (Å²) in [5.41, 5.74) is 3.75. The first-order valence-electron chi connectivity index (χ1n) is 9.88. The maximum atomic E-state index is 12.5. The molecule has 10 heteroatoms. The molecule has 0 aliphatic carbocycles. The minimum absolute atomic E-state index is 0.248. The third-order valence-corrected chi connectivity index (χ3v) is 5.60. The van der Waals surface area contributed by atoms with Gasteiger partial charge in [0.05, 0.1) is 25.4 Å². The third-order valence-electron chi connectivity index (χ3n) is 4.40. The first-order valence-corrected chi connectivity index (χ1v) is 11.3. The summed E-state index contributed by atoms with van der Waals surface area (Å²) in [5, 5.41) is 6.87. The smallest absolute Gasteiger partial charge is 0.344 e. The molecule has 0 heterocycles. The molecule has 3 aromatic rings. The van der Waals surface area contributed by atoms with Crippen molar-refractivity contribution in [2.45, 2.75) is 0 Å². The Morgan fingerprint density at radius 2 is 1.76 bits per heavy atom. The molecule has 0 bridgehead atoms. The first kappa shape index (κ1) is 25.2. The van der Waals surface area contributed by atoms with E-state index >= 15 is 0 Å². The van der Waals surface area contributed by atoms with E-state index in [2.05, 4.69) is 38.4 Å². The Bertz CT molecular complexity index is 1230. The summed E-state index contributed by atoms with van der Waals surface area (Å²) in [5.74, 6) is -0.843. The van der Waals surface area contributed by atoms with Crippen LogP contribution in [0.4, 0.5) is 0 Å². The van der Waals surface area contributed by atoms with Crippen molar-refractivity contribution >= 4 is 58.2 Å². The SMILES string of the molecule is COc1cc(/C=N/NC(=O)CNC(=O)c2ccc(Cl)cc2)ccc1OC(=O)c1ccccc1I. The zero-order valence-corrected chi connectivity index (χ0v) is 20.8. The van der Waals surface area contributed by atoms with Crippen molar-refractivity contribution < 1.29 is 23.9 Å². The molecule has 174 valence electrons. The highest BCUT2D eigenvalue weighted by Crippen LogP contribution is 2.29. The number of ether oxygens (including phenoxy) is 2. The van der Waals surface area contributed by atoms with Gasteiger partial charge >= 0.3 is 5.97 Å². The lowest BCUT2D eigenvalue weighted by molar-refractivity contribution is -0.120. The Labute approximate surface area is 214 Å². The van der Waals surface area contributed by atoms with Crippen LogP contribution < -0.4 is 20.2 Å². The normalized spacial score (nSPS) is 10.6. The molecule has 0 unspecified atom stereocenters. The molecule has 2 N–H and O–H groups in total. The highest BCUT2D eigenvalue weighted by Gasteiger charge is 2.15. The van der Waals surface area contributed by atoms with Crippen LogP contribution in [-0.2, 0) is 4.79 Å². The van der Waals surface area contributed by atoms with Crippen LogP contribution in [0, 0.1) is 3.57 Å². The van der Waals surface area contributed by atoms with E-state index in [1.165, 1.54) is 13.3 Å². The number of nitrogens with zero attached hydrogens (tertiary/aromatic N) is 1. The van der Waals surface area contributed by atoms with Gasteiger partial charge in [-0.05, 0) is 82.8 Å². The molecule has 0 atom stereocenters. The summed E-state index contributed by atoms with van der Waals surface area (Å²) in [6, 6.07) is 18.2. The van der Waals surface area contributed by atoms with E-state index in [1.807, 2.05) is 12.1 Å². The average Bonchev–Trinajstić information content (AvgIpc) is 2.84. The molecule has 0 saturated carbocycles. The molecule has 3 rings (SSSR count). The van der Waals surface area contributed by atoms with Gasteiger partial charge in [0.15, 0.2) is 11.5 Å². The van der Waals surface area contributed by atoms with Crippen LogP contribution in [0.25, 0.3) is 0 Å². The molecule has 0 saturated heterocycles. The van der Waals surface area contributed by atoms with Gasteiger partial charge in [0.25, 0.3) is 11.8 Å². The topological polar surface area (TPSA) is 106 Å². The number of benzene rings is 3. The van der Waals surface area contributed by atoms with Crippen LogP contribution >= 0.6 is 34.2 Å². The molecule has 0 aliphatic rings. The summed E-state index contributed by atoms with van der Waals surface area (Å²) < 4.78 is 11.5. The van der Waals surface area contributed by atoms with Gasteiger partial charge in [0.1, 0.15) is 0 Å². The molecule has 2 amide bonds. The van der Waals surface area contributed by atoms with E-state index in [0.29, 0.717) is 27.5 Å². The van der Waals surface area contributed by atoms with Gasteiger partial charge in [-0.2, -0.15) is 5.10 Å². The highest BCUT2D eigenvalue weighted by molar-refractivity contribution is 14.1. The predicted octanol–water partition coefficient (Wildman–Crippen LogP) is 4.05. The lowest BCUT2D eigenvalue weighted by atomic mass is 10.2. The van der Waals surface area contributed by atoms with Gasteiger partial charge < -0.3 is 14.8 Å². The van der Waals surface area contributed by atoms with E-state index in [4.69, 9.17) is 21.1 Å². The third kappa shape index (κ3) is 7.03. The van der Waals surface area contributed by atoms with Crippen molar-refractivity contribution in [2.24, 2.45) is 5.10 Å². The molecule has 8 nitrogen and oxygen atoms in total. The van der Waals surface area contributed by atoms with E-state index in [0.717, 1.165) is 3.57 Å². The van der Waals surface area contributed by atoms with Gasteiger partial charge in [-0.15, -0.1) is 0 Å². The number of hydrogen-bond donors (Lipinski definition) is 2. The number of halogens is 2. The molecule has 0 aromatic heterocycles. The van der Waals surface area contributed by atoms with E-state index in [1.54, 1.807) is 54.6 Å². The molecule has 0 fully saturated rings. The highest BCUT2D eigenvalue weighted by atomic mass is 127. The second-order valence-electron chi connectivity index (χ2n) is 6.76. The van der Waals surface area contributed by atoms with Crippen LogP contribution in [0.2, 0.25) is 5.02 Å². The zero-order chi connectivity index (χ0) is 24.5. The Kier molecular flexibility index (Phi) is 9.00. The lowest BCUT2D eigenvalue weighted by Gasteiger charge is -2.10. The second-order valence-corrected chi connectivity index (χ2v) is 8.36. The van der Waals surface area contributed by atoms with Crippen molar-refractivity contribution in [1.82, 2.24) is 10.7 Å². The van der Waals surface area contributed by atoms with Crippen molar-refractivity contribution in [3.63, 3.8) is 0 Å². The molecule has 0 spiro atoms. The number of methoxy groups -OCH3 is 1. The molecule has 34 heavy (non-hydrogen) atoms. The van der Waals surface area contributed by atoms with Crippen LogP contribution in [0.3, 0.4) is 0 Å². The van der Waals surface area contributed by atoms with Crippen molar-refractivity contribution in [3.05, 3.63) is 92.0 Å². The number of rotatable bonds is 8. The molecule has 0 radical (unpaired) electrons. The van der Waals surface area contributed by atoms with Gasteiger partial charge in [-0.3, -0.25) is 9.59 Å². The van der Waals surface area contributed by atoms with Gasteiger partial charge in [-0.25, -0.2) is 10.2 Å². The van der Waals surface area contributed by atoms with Crippen molar-refractivity contribution in [1.29, 1.82) is 0 Å². The number of hydrogen-bond acceptors (Lipinski definition) is 6. The summed E-state index contributed by atoms with van der Waals surface area (Å²) in [7, 11) is 1.45. The summed E-state index contributed by atoms with van der Waals surface area (Å²) in [4.78, 5) is 36.4. The molecule has 0 aliphatic heterocycles. The Morgan fingerprint density at radius 3 is 2.47 bits per heavy atom. The Hall–Kier alpha value is -3.44. The summed E-state index contributed by atoms with van der Waals surface area (Å²) in [6.45, 7) is -0.255. The number of carbonyl (C=O) groups is 3. The summed E-state index contributed by atoms with van der Waals surface area (Å²) in [6.07, 6.45) is 1.40. The standard InChI is InChI=1S/C24H19ClIN3O5/c1-33-21-12-15(6-11-20(21)34-24(32)18-4-2-3-5-19(18)26)13-28-29-22(30)14-27-23(31)16-7-9-17(25)10-8-16/h2-13H,14H2,1H3,(H,27,31)(H,29,30)/b28-13+. The first-order chi connectivity index (χ1) is 16.4. The fourth-order valence-corrected chi connectivity index (χ4v) is 3.45. The monoisotopic (exact) mass is 591 g/mol. The second kappa shape index (κ2) is 12.1. The van der Waals surface area contributed by atoms with Crippen LogP contribution in [-0.4, -0.2) is 37.7 Å². The van der Waals surface area contributed by atoms with Crippen LogP contribution in [0.5, 0.6) is 11.5 Å². The van der Waals surface area contributed by atoms with Gasteiger partial charge in [0, 0.05) is 14.2 Å². The number of nitrogens with one attached hydrogen (secondary N) is 2. The fourth-order valence-electron chi connectivity index (χ4n) is 2.71. The fraction of sp³-hybridized carbons (Fsp3) is 0.0833. The van der Waals surface area contributed by atoms with Crippen LogP contribution in [0.1, 0.15) is 26.3 Å². The number of esters is 1. The molecule has 3 aromatic carbocycles. The van der Waals surface area contributed by atoms with E-state index in [9.17, 15) is 14.4 Å².